The Kier molecular flexibility index (Phi) is 7.75. The molecule has 19 heavy (non-hydrogen) atoms. The first-order valence-electron chi connectivity index (χ1n) is 7.14. The maximum atomic E-state index is 11.7. The van der Waals surface area contributed by atoms with Crippen molar-refractivity contribution >= 4 is 17.2 Å². The van der Waals surface area contributed by atoms with Crippen LogP contribution in [0.4, 0.5) is 0 Å². The molecule has 0 radical (unpaired) electrons. The van der Waals surface area contributed by atoms with Crippen molar-refractivity contribution in [3.63, 3.8) is 0 Å². The first-order valence-corrected chi connectivity index (χ1v) is 8.02. The maximum absolute atomic E-state index is 11.7. The fraction of sp³-hybridized carbons (Fsp3) is 0.667. The second-order valence-electron chi connectivity index (χ2n) is 4.88. The first kappa shape index (κ1) is 16.2. The molecule has 108 valence electrons. The number of hydrogen-bond acceptors (Lipinski definition) is 3. The van der Waals surface area contributed by atoms with Crippen LogP contribution >= 0.6 is 11.3 Å². The third-order valence-electron chi connectivity index (χ3n) is 3.51. The van der Waals surface area contributed by atoms with Gasteiger partial charge in [0.15, 0.2) is 0 Å². The van der Waals surface area contributed by atoms with Gasteiger partial charge in [-0.1, -0.05) is 32.8 Å². The third-order valence-corrected chi connectivity index (χ3v) is 4.44. The molecule has 0 aliphatic rings. The van der Waals surface area contributed by atoms with E-state index in [0.717, 1.165) is 25.7 Å². The van der Waals surface area contributed by atoms with Crippen molar-refractivity contribution in [2.24, 2.45) is 5.92 Å². The number of aryl methyl sites for hydroxylation is 1. The molecule has 1 rings (SSSR count). The second kappa shape index (κ2) is 9.10. The molecule has 1 atom stereocenters. The highest BCUT2D eigenvalue weighted by molar-refractivity contribution is 7.09. The molecule has 0 bridgehead atoms. The van der Waals surface area contributed by atoms with Gasteiger partial charge >= 0.3 is 0 Å². The quantitative estimate of drug-likeness (QED) is 0.732. The molecule has 0 aromatic carbocycles. The summed E-state index contributed by atoms with van der Waals surface area (Å²) < 4.78 is 0. The minimum atomic E-state index is -0.420. The molecule has 0 saturated heterocycles. The van der Waals surface area contributed by atoms with E-state index in [0.29, 0.717) is 13.0 Å². The zero-order chi connectivity index (χ0) is 14.1. The van der Waals surface area contributed by atoms with Gasteiger partial charge in [0.2, 0.25) is 5.91 Å². The normalized spacial score (nSPS) is 12.6. The number of carbonyl (C=O) groups is 1. The largest absolute Gasteiger partial charge is 0.391 e. The Morgan fingerprint density at radius 2 is 2.16 bits per heavy atom. The van der Waals surface area contributed by atoms with Crippen molar-refractivity contribution in [2.45, 2.75) is 52.1 Å². The van der Waals surface area contributed by atoms with Crippen molar-refractivity contribution in [2.75, 3.05) is 6.54 Å². The smallest absolute Gasteiger partial charge is 0.220 e. The third kappa shape index (κ3) is 6.21. The van der Waals surface area contributed by atoms with E-state index in [4.69, 9.17) is 0 Å². The van der Waals surface area contributed by atoms with Gasteiger partial charge in [0, 0.05) is 17.8 Å². The molecular formula is C15H25NO2S. The van der Waals surface area contributed by atoms with Gasteiger partial charge in [0.25, 0.3) is 0 Å². The van der Waals surface area contributed by atoms with E-state index in [9.17, 15) is 9.90 Å². The van der Waals surface area contributed by atoms with Crippen LogP contribution in [0.2, 0.25) is 0 Å². The van der Waals surface area contributed by atoms with E-state index in [1.54, 1.807) is 11.3 Å². The lowest BCUT2D eigenvalue weighted by Gasteiger charge is -2.20. The molecule has 0 spiro atoms. The molecule has 0 aliphatic heterocycles. The number of hydrogen-bond donors (Lipinski definition) is 2. The zero-order valence-electron chi connectivity index (χ0n) is 11.9. The molecule has 1 aromatic rings. The summed E-state index contributed by atoms with van der Waals surface area (Å²) in [5.74, 6) is 0.327. The summed E-state index contributed by atoms with van der Waals surface area (Å²) >= 11 is 1.73. The molecule has 0 fully saturated rings. The van der Waals surface area contributed by atoms with Crippen LogP contribution < -0.4 is 5.32 Å². The lowest BCUT2D eigenvalue weighted by Crippen LogP contribution is -2.36. The summed E-state index contributed by atoms with van der Waals surface area (Å²) in [6, 6.07) is 4.13. The van der Waals surface area contributed by atoms with Gasteiger partial charge in [-0.05, 0) is 30.2 Å². The molecule has 3 nitrogen and oxygen atoms in total. The van der Waals surface area contributed by atoms with Crippen LogP contribution in [0.3, 0.4) is 0 Å². The maximum Gasteiger partial charge on any atom is 0.220 e. The second-order valence-corrected chi connectivity index (χ2v) is 5.91. The number of rotatable bonds is 9. The van der Waals surface area contributed by atoms with Crippen LogP contribution in [0.25, 0.3) is 0 Å². The standard InChI is InChI=1S/C15H25NO2S/c1-3-12(4-2)14(17)11-16-15(18)9-5-7-13-8-6-10-19-13/h6,8,10,12,14,17H,3-5,7,9,11H2,1-2H3,(H,16,18). The number of aliphatic hydroxyl groups is 1. The van der Waals surface area contributed by atoms with Gasteiger partial charge < -0.3 is 10.4 Å². The number of carbonyl (C=O) groups excluding carboxylic acids is 1. The van der Waals surface area contributed by atoms with Crippen molar-refractivity contribution in [1.29, 1.82) is 0 Å². The van der Waals surface area contributed by atoms with Crippen LogP contribution in [-0.2, 0) is 11.2 Å². The summed E-state index contributed by atoms with van der Waals surface area (Å²) in [4.78, 5) is 13.0. The van der Waals surface area contributed by atoms with E-state index in [1.807, 2.05) is 6.07 Å². The Hall–Kier alpha value is -0.870. The molecule has 4 heteroatoms. The molecule has 0 saturated carbocycles. The van der Waals surface area contributed by atoms with Crippen LogP contribution in [0.1, 0.15) is 44.4 Å². The topological polar surface area (TPSA) is 49.3 Å². The summed E-state index contributed by atoms with van der Waals surface area (Å²) in [5.41, 5.74) is 0. The fourth-order valence-corrected chi connectivity index (χ4v) is 2.94. The SMILES string of the molecule is CCC(CC)C(O)CNC(=O)CCCc1cccs1. The number of aliphatic hydroxyl groups excluding tert-OH is 1. The van der Waals surface area contributed by atoms with Crippen molar-refractivity contribution in [1.82, 2.24) is 5.32 Å². The van der Waals surface area contributed by atoms with Gasteiger partial charge in [-0.25, -0.2) is 0 Å². The van der Waals surface area contributed by atoms with Crippen LogP contribution in [-0.4, -0.2) is 23.7 Å². The summed E-state index contributed by atoms with van der Waals surface area (Å²) in [6.07, 6.45) is 3.84. The first-order chi connectivity index (χ1) is 9.17. The summed E-state index contributed by atoms with van der Waals surface area (Å²) in [6.45, 7) is 4.52. The fourth-order valence-electron chi connectivity index (χ4n) is 2.18. The Bertz CT molecular complexity index is 347. The minimum absolute atomic E-state index is 0.0431. The molecule has 1 unspecified atom stereocenters. The Morgan fingerprint density at radius 1 is 1.42 bits per heavy atom. The minimum Gasteiger partial charge on any atom is -0.391 e. The van der Waals surface area contributed by atoms with Gasteiger partial charge in [0.1, 0.15) is 0 Å². The van der Waals surface area contributed by atoms with Gasteiger partial charge in [-0.2, -0.15) is 0 Å². The lowest BCUT2D eigenvalue weighted by molar-refractivity contribution is -0.121. The Morgan fingerprint density at radius 3 is 2.74 bits per heavy atom. The van der Waals surface area contributed by atoms with E-state index in [2.05, 4.69) is 30.6 Å². The van der Waals surface area contributed by atoms with Crippen molar-refractivity contribution in [3.05, 3.63) is 22.4 Å². The van der Waals surface area contributed by atoms with E-state index in [-0.39, 0.29) is 11.8 Å². The average Bonchev–Trinajstić information content (AvgIpc) is 2.91. The molecule has 2 N–H and O–H groups in total. The van der Waals surface area contributed by atoms with Gasteiger partial charge in [-0.3, -0.25) is 4.79 Å². The van der Waals surface area contributed by atoms with Crippen LogP contribution in [0, 0.1) is 5.92 Å². The Labute approximate surface area is 120 Å². The van der Waals surface area contributed by atoms with Crippen molar-refractivity contribution in [3.8, 4) is 0 Å². The highest BCUT2D eigenvalue weighted by Gasteiger charge is 2.15. The average molecular weight is 283 g/mol. The predicted octanol–water partition coefficient (Wildman–Crippen LogP) is 2.98. The molecular weight excluding hydrogens is 258 g/mol. The number of nitrogens with one attached hydrogen (secondary N) is 1. The molecule has 1 heterocycles. The van der Waals surface area contributed by atoms with Crippen molar-refractivity contribution < 1.29 is 9.90 Å². The highest BCUT2D eigenvalue weighted by Crippen LogP contribution is 2.13. The highest BCUT2D eigenvalue weighted by atomic mass is 32.1. The van der Waals surface area contributed by atoms with E-state index in [1.165, 1.54) is 4.88 Å². The Balaban J connectivity index is 2.13. The predicted molar refractivity (Wildman–Crippen MR) is 80.3 cm³/mol. The molecule has 0 aliphatic carbocycles. The monoisotopic (exact) mass is 283 g/mol. The van der Waals surface area contributed by atoms with Crippen LogP contribution in [0.15, 0.2) is 17.5 Å². The van der Waals surface area contributed by atoms with Gasteiger partial charge in [-0.15, -0.1) is 11.3 Å². The molecule has 1 aromatic heterocycles. The van der Waals surface area contributed by atoms with E-state index >= 15 is 0 Å². The van der Waals surface area contributed by atoms with Gasteiger partial charge in [0.05, 0.1) is 6.10 Å². The van der Waals surface area contributed by atoms with E-state index < -0.39 is 6.10 Å². The lowest BCUT2D eigenvalue weighted by atomic mass is 9.96. The summed E-state index contributed by atoms with van der Waals surface area (Å²) in [7, 11) is 0. The molecule has 1 amide bonds. The van der Waals surface area contributed by atoms with Crippen LogP contribution in [0.5, 0.6) is 0 Å². The zero-order valence-corrected chi connectivity index (χ0v) is 12.7. The number of thiophene rings is 1. The summed E-state index contributed by atoms with van der Waals surface area (Å²) in [5, 5.41) is 14.8. The number of amides is 1.